The number of rotatable bonds is 6. The van der Waals surface area contributed by atoms with Gasteiger partial charge in [0.15, 0.2) is 0 Å². The lowest BCUT2D eigenvalue weighted by atomic mass is 10.2. The first-order valence-electron chi connectivity index (χ1n) is 7.27. The molecule has 0 saturated carbocycles. The summed E-state index contributed by atoms with van der Waals surface area (Å²) < 4.78 is 5.22. The molecule has 21 heavy (non-hydrogen) atoms. The SMILES string of the molecule is COc1ccccc1NC(=O)N(CCO)CC1CCCN1. The molecule has 0 spiro atoms. The van der Waals surface area contributed by atoms with Crippen molar-refractivity contribution in [2.75, 3.05) is 38.7 Å². The van der Waals surface area contributed by atoms with Gasteiger partial charge in [0.2, 0.25) is 0 Å². The Morgan fingerprint density at radius 2 is 2.33 bits per heavy atom. The average Bonchev–Trinajstić information content (AvgIpc) is 3.00. The molecule has 0 aliphatic carbocycles. The van der Waals surface area contributed by atoms with Crippen LogP contribution in [0.25, 0.3) is 0 Å². The summed E-state index contributed by atoms with van der Waals surface area (Å²) >= 11 is 0. The van der Waals surface area contributed by atoms with Crippen LogP contribution in [0, 0.1) is 0 Å². The maximum atomic E-state index is 12.4. The van der Waals surface area contributed by atoms with Crippen LogP contribution >= 0.6 is 0 Å². The Kier molecular flexibility index (Phi) is 5.83. The number of nitrogens with zero attached hydrogens (tertiary/aromatic N) is 1. The summed E-state index contributed by atoms with van der Waals surface area (Å²) in [5.41, 5.74) is 0.632. The summed E-state index contributed by atoms with van der Waals surface area (Å²) in [4.78, 5) is 14.0. The quantitative estimate of drug-likeness (QED) is 0.738. The number of benzene rings is 1. The van der Waals surface area contributed by atoms with Crippen molar-refractivity contribution < 1.29 is 14.6 Å². The van der Waals surface area contributed by atoms with E-state index >= 15 is 0 Å². The van der Waals surface area contributed by atoms with Gasteiger partial charge in [-0.05, 0) is 31.5 Å². The lowest BCUT2D eigenvalue weighted by molar-refractivity contribution is 0.182. The maximum absolute atomic E-state index is 12.4. The molecule has 0 radical (unpaired) electrons. The van der Waals surface area contributed by atoms with Gasteiger partial charge in [-0.1, -0.05) is 12.1 Å². The molecule has 116 valence electrons. The van der Waals surface area contributed by atoms with E-state index in [2.05, 4.69) is 10.6 Å². The van der Waals surface area contributed by atoms with Crippen molar-refractivity contribution in [2.24, 2.45) is 0 Å². The highest BCUT2D eigenvalue weighted by Gasteiger charge is 2.21. The molecule has 1 unspecified atom stereocenters. The van der Waals surface area contributed by atoms with Gasteiger partial charge in [-0.15, -0.1) is 0 Å². The topological polar surface area (TPSA) is 73.8 Å². The van der Waals surface area contributed by atoms with E-state index in [1.54, 1.807) is 24.1 Å². The van der Waals surface area contributed by atoms with Gasteiger partial charge in [-0.2, -0.15) is 0 Å². The molecule has 0 bridgehead atoms. The Morgan fingerprint density at radius 1 is 1.52 bits per heavy atom. The molecule has 1 saturated heterocycles. The minimum Gasteiger partial charge on any atom is -0.495 e. The van der Waals surface area contributed by atoms with Gasteiger partial charge in [0, 0.05) is 19.1 Å². The summed E-state index contributed by atoms with van der Waals surface area (Å²) in [7, 11) is 1.57. The standard InChI is InChI=1S/C15H23N3O3/c1-21-14-7-3-2-6-13(14)17-15(20)18(9-10-19)11-12-5-4-8-16-12/h2-3,6-7,12,16,19H,4-5,8-11H2,1H3,(H,17,20). The third-order valence-corrected chi connectivity index (χ3v) is 3.61. The van der Waals surface area contributed by atoms with Gasteiger partial charge < -0.3 is 25.4 Å². The Labute approximate surface area is 125 Å². The Bertz CT molecular complexity index is 461. The van der Waals surface area contributed by atoms with Gasteiger partial charge >= 0.3 is 6.03 Å². The van der Waals surface area contributed by atoms with Crippen LogP contribution < -0.4 is 15.4 Å². The highest BCUT2D eigenvalue weighted by Crippen LogP contribution is 2.23. The lowest BCUT2D eigenvalue weighted by Gasteiger charge is -2.25. The van der Waals surface area contributed by atoms with Crippen molar-refractivity contribution in [3.63, 3.8) is 0 Å². The van der Waals surface area contributed by atoms with Crippen LogP contribution in [0.1, 0.15) is 12.8 Å². The van der Waals surface area contributed by atoms with Crippen LogP contribution in [0.2, 0.25) is 0 Å². The first kappa shape index (κ1) is 15.6. The van der Waals surface area contributed by atoms with E-state index < -0.39 is 0 Å². The fraction of sp³-hybridized carbons (Fsp3) is 0.533. The zero-order valence-electron chi connectivity index (χ0n) is 12.3. The predicted octanol–water partition coefficient (Wildman–Crippen LogP) is 1.27. The Hall–Kier alpha value is -1.79. The van der Waals surface area contributed by atoms with Crippen molar-refractivity contribution in [3.05, 3.63) is 24.3 Å². The number of carbonyl (C=O) groups is 1. The number of aliphatic hydroxyl groups excluding tert-OH is 1. The molecule has 6 heteroatoms. The number of aliphatic hydroxyl groups is 1. The van der Waals surface area contributed by atoms with Gasteiger partial charge in [-0.3, -0.25) is 0 Å². The summed E-state index contributed by atoms with van der Waals surface area (Å²) in [5.74, 6) is 0.619. The number of ether oxygens (including phenoxy) is 1. The summed E-state index contributed by atoms with van der Waals surface area (Å²) in [5, 5.41) is 15.4. The molecule has 1 aliphatic heterocycles. The van der Waals surface area contributed by atoms with Crippen molar-refractivity contribution in [2.45, 2.75) is 18.9 Å². The second-order valence-corrected chi connectivity index (χ2v) is 5.09. The molecule has 2 amide bonds. The second-order valence-electron chi connectivity index (χ2n) is 5.09. The fourth-order valence-corrected chi connectivity index (χ4v) is 2.52. The van der Waals surface area contributed by atoms with Crippen LogP contribution in [0.5, 0.6) is 5.75 Å². The Morgan fingerprint density at radius 3 is 3.00 bits per heavy atom. The van der Waals surface area contributed by atoms with E-state index in [1.807, 2.05) is 12.1 Å². The van der Waals surface area contributed by atoms with E-state index in [0.29, 0.717) is 30.6 Å². The van der Waals surface area contributed by atoms with E-state index in [4.69, 9.17) is 9.84 Å². The monoisotopic (exact) mass is 293 g/mol. The van der Waals surface area contributed by atoms with E-state index in [1.165, 1.54) is 0 Å². The second kappa shape index (κ2) is 7.85. The van der Waals surface area contributed by atoms with Crippen LogP contribution in [0.15, 0.2) is 24.3 Å². The molecular weight excluding hydrogens is 270 g/mol. The number of carbonyl (C=O) groups excluding carboxylic acids is 1. The molecule has 1 aromatic rings. The summed E-state index contributed by atoms with van der Waals surface area (Å²) in [6.07, 6.45) is 2.19. The highest BCUT2D eigenvalue weighted by atomic mass is 16.5. The first-order chi connectivity index (χ1) is 10.2. The van der Waals surface area contributed by atoms with Crippen molar-refractivity contribution in [3.8, 4) is 5.75 Å². The molecule has 1 fully saturated rings. The molecule has 3 N–H and O–H groups in total. The zero-order valence-corrected chi connectivity index (χ0v) is 12.3. The number of amides is 2. The molecule has 1 heterocycles. The summed E-state index contributed by atoms with van der Waals surface area (Å²) in [6, 6.07) is 7.36. The van der Waals surface area contributed by atoms with Crippen LogP contribution in [-0.4, -0.2) is 55.4 Å². The number of methoxy groups -OCH3 is 1. The van der Waals surface area contributed by atoms with Gasteiger partial charge in [0.05, 0.1) is 19.4 Å². The number of nitrogens with one attached hydrogen (secondary N) is 2. The van der Waals surface area contributed by atoms with E-state index in [-0.39, 0.29) is 12.6 Å². The average molecular weight is 293 g/mol. The number of para-hydroxylation sites is 2. The van der Waals surface area contributed by atoms with Crippen molar-refractivity contribution in [1.29, 1.82) is 0 Å². The smallest absolute Gasteiger partial charge is 0.322 e. The molecular formula is C15H23N3O3. The first-order valence-corrected chi connectivity index (χ1v) is 7.27. The molecule has 1 atom stereocenters. The zero-order chi connectivity index (χ0) is 15.1. The Balaban J connectivity index is 2.00. The highest BCUT2D eigenvalue weighted by molar-refractivity contribution is 5.91. The van der Waals surface area contributed by atoms with Crippen LogP contribution in [0.3, 0.4) is 0 Å². The van der Waals surface area contributed by atoms with Gasteiger partial charge in [0.1, 0.15) is 5.75 Å². The molecule has 2 rings (SSSR count). The number of hydrogen-bond acceptors (Lipinski definition) is 4. The summed E-state index contributed by atoms with van der Waals surface area (Å²) in [6.45, 7) is 1.86. The van der Waals surface area contributed by atoms with Gasteiger partial charge in [0.25, 0.3) is 0 Å². The normalized spacial score (nSPS) is 17.5. The largest absolute Gasteiger partial charge is 0.495 e. The molecule has 1 aliphatic rings. The predicted molar refractivity (Wildman–Crippen MR) is 81.7 cm³/mol. The third-order valence-electron chi connectivity index (χ3n) is 3.61. The van der Waals surface area contributed by atoms with E-state index in [9.17, 15) is 4.79 Å². The van der Waals surface area contributed by atoms with Gasteiger partial charge in [-0.25, -0.2) is 4.79 Å². The van der Waals surface area contributed by atoms with Crippen molar-refractivity contribution >= 4 is 11.7 Å². The molecule has 6 nitrogen and oxygen atoms in total. The minimum absolute atomic E-state index is 0.0495. The minimum atomic E-state index is -0.220. The third kappa shape index (κ3) is 4.34. The number of hydrogen-bond donors (Lipinski definition) is 3. The van der Waals surface area contributed by atoms with Crippen LogP contribution in [0.4, 0.5) is 10.5 Å². The van der Waals surface area contributed by atoms with Crippen molar-refractivity contribution in [1.82, 2.24) is 10.2 Å². The number of urea groups is 1. The van der Waals surface area contributed by atoms with Crippen LogP contribution in [-0.2, 0) is 0 Å². The number of anilines is 1. The molecule has 1 aromatic carbocycles. The fourth-order valence-electron chi connectivity index (χ4n) is 2.52. The molecule has 0 aromatic heterocycles. The lowest BCUT2D eigenvalue weighted by Crippen LogP contribution is -2.44. The maximum Gasteiger partial charge on any atom is 0.322 e. The van der Waals surface area contributed by atoms with E-state index in [0.717, 1.165) is 19.4 Å².